The maximum Gasteiger partial charge on any atom is 0.237 e. The number of nitriles is 1. The van der Waals surface area contributed by atoms with Crippen LogP contribution in [0, 0.1) is 11.3 Å². The molecular formula is C18H24N6O. The number of carbonyl (C=O) groups excluding carboxylic acids is 1. The van der Waals surface area contributed by atoms with Gasteiger partial charge < -0.3 is 4.90 Å². The average Bonchev–Trinajstić information content (AvgIpc) is 3.15. The predicted octanol–water partition coefficient (Wildman–Crippen LogP) is 2.02. The van der Waals surface area contributed by atoms with Crippen molar-refractivity contribution < 1.29 is 4.79 Å². The van der Waals surface area contributed by atoms with E-state index in [2.05, 4.69) is 16.2 Å². The van der Waals surface area contributed by atoms with Crippen LogP contribution in [-0.2, 0) is 4.79 Å². The highest BCUT2D eigenvalue weighted by Crippen LogP contribution is 2.21. The van der Waals surface area contributed by atoms with Gasteiger partial charge in [-0.2, -0.15) is 10.4 Å². The molecule has 25 heavy (non-hydrogen) atoms. The summed E-state index contributed by atoms with van der Waals surface area (Å²) in [5.41, 5.74) is 1.21. The van der Waals surface area contributed by atoms with Crippen molar-refractivity contribution in [2.24, 2.45) is 0 Å². The van der Waals surface area contributed by atoms with Gasteiger partial charge in [0.05, 0.1) is 18.3 Å². The summed E-state index contributed by atoms with van der Waals surface area (Å²) in [5.74, 6) is -0.0832. The lowest BCUT2D eigenvalue weighted by molar-refractivity contribution is -0.134. The van der Waals surface area contributed by atoms with Crippen LogP contribution in [-0.4, -0.2) is 56.7 Å². The van der Waals surface area contributed by atoms with Gasteiger partial charge in [0.1, 0.15) is 18.2 Å². The molecule has 1 aromatic carbocycles. The zero-order valence-corrected chi connectivity index (χ0v) is 15.3. The van der Waals surface area contributed by atoms with Crippen LogP contribution in [0.25, 0.3) is 5.69 Å². The minimum Gasteiger partial charge on any atom is -0.326 e. The summed E-state index contributed by atoms with van der Waals surface area (Å²) in [5, 5.41) is 13.3. The summed E-state index contributed by atoms with van der Waals surface area (Å²) in [7, 11) is 3.57. The Balaban J connectivity index is 2.03. The van der Waals surface area contributed by atoms with Crippen molar-refractivity contribution in [1.29, 1.82) is 5.26 Å². The largest absolute Gasteiger partial charge is 0.326 e. The van der Waals surface area contributed by atoms with Crippen LogP contribution in [0.1, 0.15) is 32.4 Å². The Hall–Kier alpha value is -2.72. The monoisotopic (exact) mass is 340 g/mol. The van der Waals surface area contributed by atoms with Crippen molar-refractivity contribution in [3.05, 3.63) is 42.5 Å². The fourth-order valence-electron chi connectivity index (χ4n) is 2.34. The Labute approximate surface area is 148 Å². The molecule has 0 saturated carbocycles. The molecule has 1 amide bonds. The zero-order valence-electron chi connectivity index (χ0n) is 15.3. The molecule has 0 N–H and O–H groups in total. The smallest absolute Gasteiger partial charge is 0.237 e. The molecule has 1 aromatic heterocycles. The fourth-order valence-corrected chi connectivity index (χ4v) is 2.34. The summed E-state index contributed by atoms with van der Waals surface area (Å²) in [4.78, 5) is 19.8. The topological polar surface area (TPSA) is 78.1 Å². The first-order chi connectivity index (χ1) is 11.8. The number of likely N-dealkylation sites (N-methyl/N-ethyl adjacent to an activating group) is 2. The van der Waals surface area contributed by atoms with E-state index in [1.807, 2.05) is 43.1 Å². The molecule has 0 fully saturated rings. The molecule has 0 spiro atoms. The number of carbonyl (C=O) groups is 1. The molecule has 0 aliphatic rings. The van der Waals surface area contributed by atoms with Crippen molar-refractivity contribution in [2.45, 2.75) is 32.4 Å². The number of aromatic nitrogens is 3. The molecule has 0 saturated heterocycles. The molecule has 0 radical (unpaired) electrons. The Morgan fingerprint density at radius 3 is 2.48 bits per heavy atom. The third-order valence-electron chi connectivity index (χ3n) is 4.59. The molecule has 0 aliphatic heterocycles. The molecule has 2 aromatic rings. The van der Waals surface area contributed by atoms with E-state index < -0.39 is 5.54 Å². The minimum absolute atomic E-state index is 0.0624. The molecule has 0 bridgehead atoms. The van der Waals surface area contributed by atoms with Gasteiger partial charge in [-0.3, -0.25) is 9.69 Å². The van der Waals surface area contributed by atoms with Gasteiger partial charge in [0.15, 0.2) is 0 Å². The molecule has 7 nitrogen and oxygen atoms in total. The fraction of sp³-hybridized carbons (Fsp3) is 0.444. The van der Waals surface area contributed by atoms with Crippen LogP contribution in [0.4, 0.5) is 0 Å². The minimum atomic E-state index is -0.819. The lowest BCUT2D eigenvalue weighted by atomic mass is 10.1. The van der Waals surface area contributed by atoms with Crippen molar-refractivity contribution in [2.75, 3.05) is 20.6 Å². The van der Waals surface area contributed by atoms with E-state index in [0.29, 0.717) is 0 Å². The van der Waals surface area contributed by atoms with E-state index in [1.165, 1.54) is 11.2 Å². The highest BCUT2D eigenvalue weighted by molar-refractivity contribution is 5.79. The van der Waals surface area contributed by atoms with Crippen molar-refractivity contribution in [3.63, 3.8) is 0 Å². The zero-order chi connectivity index (χ0) is 18.6. The van der Waals surface area contributed by atoms with Crippen molar-refractivity contribution >= 4 is 5.91 Å². The first kappa shape index (κ1) is 18.6. The highest BCUT2D eigenvalue weighted by Gasteiger charge is 2.28. The van der Waals surface area contributed by atoms with Crippen LogP contribution in [0.2, 0.25) is 0 Å². The molecule has 1 atom stereocenters. The van der Waals surface area contributed by atoms with Crippen molar-refractivity contribution in [1.82, 2.24) is 24.6 Å². The third-order valence-corrected chi connectivity index (χ3v) is 4.59. The SMILES string of the molecule is C[C@@H](c1ccc(-n2cncn2)cc1)N(C)CC(=O)N(C)C(C)(C)C#N. The first-order valence-corrected chi connectivity index (χ1v) is 8.09. The van der Waals surface area contributed by atoms with Gasteiger partial charge in [0.25, 0.3) is 0 Å². The number of nitrogens with zero attached hydrogens (tertiary/aromatic N) is 6. The maximum atomic E-state index is 12.4. The number of rotatable bonds is 6. The van der Waals surface area contributed by atoms with Gasteiger partial charge in [-0.25, -0.2) is 9.67 Å². The Morgan fingerprint density at radius 1 is 1.32 bits per heavy atom. The molecule has 132 valence electrons. The molecule has 0 unspecified atom stereocenters. The molecule has 0 aliphatic carbocycles. The average molecular weight is 340 g/mol. The highest BCUT2D eigenvalue weighted by atomic mass is 16.2. The molecule has 1 heterocycles. The summed E-state index contributed by atoms with van der Waals surface area (Å²) in [6.45, 7) is 5.76. The molecular weight excluding hydrogens is 316 g/mol. The summed E-state index contributed by atoms with van der Waals surface area (Å²) in [6.07, 6.45) is 3.14. The number of hydrogen-bond acceptors (Lipinski definition) is 5. The van der Waals surface area contributed by atoms with Crippen LogP contribution >= 0.6 is 0 Å². The second-order valence-corrected chi connectivity index (χ2v) is 6.65. The predicted molar refractivity (Wildman–Crippen MR) is 94.9 cm³/mol. The summed E-state index contributed by atoms with van der Waals surface area (Å²) >= 11 is 0. The van der Waals surface area contributed by atoms with E-state index in [1.54, 1.807) is 31.9 Å². The van der Waals surface area contributed by atoms with Gasteiger partial charge in [0, 0.05) is 13.1 Å². The first-order valence-electron chi connectivity index (χ1n) is 8.09. The van der Waals surface area contributed by atoms with Gasteiger partial charge >= 0.3 is 0 Å². The Morgan fingerprint density at radius 2 is 1.96 bits per heavy atom. The van der Waals surface area contributed by atoms with Crippen molar-refractivity contribution in [3.8, 4) is 11.8 Å². The van der Waals surface area contributed by atoms with E-state index >= 15 is 0 Å². The van der Waals surface area contributed by atoms with Gasteiger partial charge in [-0.15, -0.1) is 0 Å². The van der Waals surface area contributed by atoms with E-state index in [9.17, 15) is 4.79 Å². The Bertz CT molecular complexity index is 745. The van der Waals surface area contributed by atoms with Crippen LogP contribution in [0.3, 0.4) is 0 Å². The Kier molecular flexibility index (Phi) is 5.55. The van der Waals surface area contributed by atoms with Gasteiger partial charge in [-0.1, -0.05) is 12.1 Å². The quantitative estimate of drug-likeness (QED) is 0.804. The summed E-state index contributed by atoms with van der Waals surface area (Å²) < 4.78 is 1.70. The lowest BCUT2D eigenvalue weighted by Crippen LogP contribution is -2.47. The standard InChI is InChI=1S/C18H24N6O/c1-14(22(4)10-17(25)23(5)18(2,3)11-19)15-6-8-16(9-7-15)24-13-20-12-21-24/h6-9,12-14H,10H2,1-5H3/t14-/m0/s1. The van der Waals surface area contributed by atoms with E-state index in [0.717, 1.165) is 11.3 Å². The number of hydrogen-bond donors (Lipinski definition) is 0. The maximum absolute atomic E-state index is 12.4. The van der Waals surface area contributed by atoms with Gasteiger partial charge in [0.2, 0.25) is 5.91 Å². The number of amides is 1. The second-order valence-electron chi connectivity index (χ2n) is 6.65. The van der Waals surface area contributed by atoms with Crippen LogP contribution < -0.4 is 0 Å². The number of benzene rings is 1. The van der Waals surface area contributed by atoms with E-state index in [4.69, 9.17) is 5.26 Å². The summed E-state index contributed by atoms with van der Waals surface area (Å²) in [6, 6.07) is 10.2. The third kappa shape index (κ3) is 4.22. The lowest BCUT2D eigenvalue weighted by Gasteiger charge is -2.32. The molecule has 2 rings (SSSR count). The van der Waals surface area contributed by atoms with E-state index in [-0.39, 0.29) is 18.5 Å². The second kappa shape index (κ2) is 7.45. The normalized spacial score (nSPS) is 12.7. The van der Waals surface area contributed by atoms with Crippen LogP contribution in [0.15, 0.2) is 36.9 Å². The molecule has 7 heteroatoms. The van der Waals surface area contributed by atoms with Gasteiger partial charge in [-0.05, 0) is 45.5 Å². The van der Waals surface area contributed by atoms with Crippen LogP contribution in [0.5, 0.6) is 0 Å².